The van der Waals surface area contributed by atoms with Crippen LogP contribution in [0.2, 0.25) is 0 Å². The highest BCUT2D eigenvalue weighted by molar-refractivity contribution is 7.26. The van der Waals surface area contributed by atoms with Crippen LogP contribution in [0, 0.1) is 0 Å². The molecule has 5 heteroatoms. The Kier molecular flexibility index (Phi) is 3.06. The minimum atomic E-state index is -0.672. The third-order valence-corrected chi connectivity index (χ3v) is 5.95. The molecule has 1 aliphatic heterocycles. The molecule has 3 heterocycles. The van der Waals surface area contributed by atoms with Gasteiger partial charge in [0.1, 0.15) is 6.10 Å². The molecule has 0 saturated heterocycles. The van der Waals surface area contributed by atoms with E-state index in [-0.39, 0.29) is 5.91 Å². The van der Waals surface area contributed by atoms with Crippen molar-refractivity contribution >= 4 is 38.0 Å². The number of hydrogen-bond donors (Lipinski definition) is 2. The minimum absolute atomic E-state index is 0.0440. The van der Waals surface area contributed by atoms with E-state index in [4.69, 9.17) is 0 Å². The van der Waals surface area contributed by atoms with Gasteiger partial charge in [-0.15, -0.1) is 22.7 Å². The zero-order valence-electron chi connectivity index (χ0n) is 11.1. The lowest BCUT2D eigenvalue weighted by molar-refractivity contribution is 0.0945. The average Bonchev–Trinajstić information content (AvgIpc) is 3.08. The molecule has 1 aliphatic rings. The van der Waals surface area contributed by atoms with Gasteiger partial charge in [0.25, 0.3) is 5.91 Å². The zero-order chi connectivity index (χ0) is 14.4. The van der Waals surface area contributed by atoms with Gasteiger partial charge in [-0.1, -0.05) is 12.1 Å². The molecule has 0 fully saturated rings. The third-order valence-electron chi connectivity index (χ3n) is 3.80. The number of carbonyl (C=O) groups excluding carboxylic acids is 1. The number of aliphatic hydroxyl groups excluding tert-OH is 1. The minimum Gasteiger partial charge on any atom is -0.383 e. The Morgan fingerprint density at radius 3 is 2.95 bits per heavy atom. The van der Waals surface area contributed by atoms with Crippen molar-refractivity contribution in [1.82, 2.24) is 5.32 Å². The molecule has 0 saturated carbocycles. The molecule has 2 aromatic heterocycles. The van der Waals surface area contributed by atoms with Gasteiger partial charge in [0, 0.05) is 26.4 Å². The number of carbonyl (C=O) groups is 1. The first kappa shape index (κ1) is 13.0. The molecule has 0 bridgehead atoms. The van der Waals surface area contributed by atoms with Crippen LogP contribution in [0.25, 0.3) is 9.40 Å². The second kappa shape index (κ2) is 4.94. The largest absolute Gasteiger partial charge is 0.383 e. The highest BCUT2D eigenvalue weighted by atomic mass is 32.1. The lowest BCUT2D eigenvalue weighted by atomic mass is 9.96. The lowest BCUT2D eigenvalue weighted by Crippen LogP contribution is -2.31. The van der Waals surface area contributed by atoms with Crippen LogP contribution in [0.1, 0.15) is 32.5 Å². The van der Waals surface area contributed by atoms with Crippen LogP contribution in [0.4, 0.5) is 0 Å². The molecule has 1 unspecified atom stereocenters. The van der Waals surface area contributed by atoms with E-state index in [0.717, 1.165) is 22.4 Å². The highest BCUT2D eigenvalue weighted by Crippen LogP contribution is 2.36. The molecule has 0 radical (unpaired) electrons. The van der Waals surface area contributed by atoms with E-state index in [9.17, 15) is 9.90 Å². The second-order valence-corrected chi connectivity index (χ2v) is 7.19. The van der Waals surface area contributed by atoms with Crippen molar-refractivity contribution in [1.29, 1.82) is 0 Å². The molecule has 1 atom stereocenters. The SMILES string of the molecule is O=C1NCCc2ccc(C(O)c3cc4sccc4s3)cc21. The molecule has 3 nitrogen and oxygen atoms in total. The number of nitrogens with one attached hydrogen (secondary N) is 1. The van der Waals surface area contributed by atoms with Crippen molar-refractivity contribution in [2.24, 2.45) is 0 Å². The van der Waals surface area contributed by atoms with Gasteiger partial charge in [-0.3, -0.25) is 4.79 Å². The van der Waals surface area contributed by atoms with Gasteiger partial charge in [-0.25, -0.2) is 0 Å². The summed E-state index contributed by atoms with van der Waals surface area (Å²) in [7, 11) is 0. The summed E-state index contributed by atoms with van der Waals surface area (Å²) in [5, 5.41) is 15.5. The Morgan fingerprint density at radius 1 is 1.19 bits per heavy atom. The van der Waals surface area contributed by atoms with Crippen LogP contribution in [0.3, 0.4) is 0 Å². The maximum Gasteiger partial charge on any atom is 0.251 e. The monoisotopic (exact) mass is 315 g/mol. The smallest absolute Gasteiger partial charge is 0.251 e. The molecular formula is C16H13NO2S2. The first-order chi connectivity index (χ1) is 10.2. The van der Waals surface area contributed by atoms with Gasteiger partial charge < -0.3 is 10.4 Å². The third kappa shape index (κ3) is 2.18. The Balaban J connectivity index is 1.74. The van der Waals surface area contributed by atoms with Gasteiger partial charge in [0.2, 0.25) is 0 Å². The number of aliphatic hydroxyl groups is 1. The van der Waals surface area contributed by atoms with Crippen LogP contribution < -0.4 is 5.32 Å². The van der Waals surface area contributed by atoms with Gasteiger partial charge in [0.15, 0.2) is 0 Å². The number of hydrogen-bond acceptors (Lipinski definition) is 4. The highest BCUT2D eigenvalue weighted by Gasteiger charge is 2.20. The van der Waals surface area contributed by atoms with Crippen molar-refractivity contribution in [2.45, 2.75) is 12.5 Å². The van der Waals surface area contributed by atoms with E-state index >= 15 is 0 Å². The molecule has 0 spiro atoms. The standard InChI is InChI=1S/C16H13NO2S2/c18-15(14-8-13-12(21-14)4-6-20-13)10-2-1-9-3-5-17-16(19)11(9)7-10/h1-2,4,6-8,15,18H,3,5H2,(H,17,19). The first-order valence-corrected chi connectivity index (χ1v) is 8.48. The predicted molar refractivity (Wildman–Crippen MR) is 86.2 cm³/mol. The summed E-state index contributed by atoms with van der Waals surface area (Å²) in [6.07, 6.45) is 0.182. The topological polar surface area (TPSA) is 49.3 Å². The summed E-state index contributed by atoms with van der Waals surface area (Å²) in [5.41, 5.74) is 2.53. The number of fused-ring (bicyclic) bond motifs is 2. The molecule has 3 aromatic rings. The van der Waals surface area contributed by atoms with Crippen LogP contribution >= 0.6 is 22.7 Å². The molecule has 1 aromatic carbocycles. The average molecular weight is 315 g/mol. The Hall–Kier alpha value is -1.69. The van der Waals surface area contributed by atoms with E-state index < -0.39 is 6.10 Å². The normalized spacial score (nSPS) is 15.8. The van der Waals surface area contributed by atoms with Crippen molar-refractivity contribution in [2.75, 3.05) is 6.54 Å². The number of rotatable bonds is 2. The summed E-state index contributed by atoms with van der Waals surface area (Å²) in [6, 6.07) is 9.82. The van der Waals surface area contributed by atoms with Crippen LogP contribution in [0.15, 0.2) is 35.7 Å². The Labute approximate surface area is 129 Å². The summed E-state index contributed by atoms with van der Waals surface area (Å²) >= 11 is 3.28. The van der Waals surface area contributed by atoms with Gasteiger partial charge >= 0.3 is 0 Å². The molecule has 1 amide bonds. The zero-order valence-corrected chi connectivity index (χ0v) is 12.8. The second-order valence-electron chi connectivity index (χ2n) is 5.12. The van der Waals surface area contributed by atoms with E-state index in [0.29, 0.717) is 12.1 Å². The molecule has 21 heavy (non-hydrogen) atoms. The fourth-order valence-corrected chi connectivity index (χ4v) is 4.82. The Morgan fingerprint density at radius 2 is 2.10 bits per heavy atom. The van der Waals surface area contributed by atoms with E-state index in [2.05, 4.69) is 16.8 Å². The van der Waals surface area contributed by atoms with E-state index in [1.165, 1.54) is 9.40 Å². The van der Waals surface area contributed by atoms with E-state index in [1.54, 1.807) is 22.7 Å². The summed E-state index contributed by atoms with van der Waals surface area (Å²) in [4.78, 5) is 12.8. The first-order valence-electron chi connectivity index (χ1n) is 6.78. The summed E-state index contributed by atoms with van der Waals surface area (Å²) in [5.74, 6) is -0.0440. The maximum absolute atomic E-state index is 11.9. The number of benzene rings is 1. The predicted octanol–water partition coefficient (Wildman–Crippen LogP) is 3.33. The van der Waals surface area contributed by atoms with Crippen molar-refractivity contribution in [3.63, 3.8) is 0 Å². The lowest BCUT2D eigenvalue weighted by Gasteiger charge is -2.18. The summed E-state index contributed by atoms with van der Waals surface area (Å²) < 4.78 is 2.40. The van der Waals surface area contributed by atoms with Crippen molar-refractivity contribution in [3.8, 4) is 0 Å². The fraction of sp³-hybridized carbons (Fsp3) is 0.188. The van der Waals surface area contributed by atoms with Gasteiger partial charge in [0.05, 0.1) is 0 Å². The molecule has 0 aliphatic carbocycles. The van der Waals surface area contributed by atoms with Crippen molar-refractivity contribution < 1.29 is 9.90 Å². The van der Waals surface area contributed by atoms with Crippen LogP contribution in [-0.2, 0) is 6.42 Å². The number of amides is 1. The maximum atomic E-state index is 11.9. The molecular weight excluding hydrogens is 302 g/mol. The Bertz CT molecular complexity index is 805. The fourth-order valence-electron chi connectivity index (χ4n) is 2.68. The molecule has 106 valence electrons. The van der Waals surface area contributed by atoms with Gasteiger partial charge in [-0.05, 0) is 41.1 Å². The van der Waals surface area contributed by atoms with Gasteiger partial charge in [-0.2, -0.15) is 0 Å². The van der Waals surface area contributed by atoms with Crippen LogP contribution in [0.5, 0.6) is 0 Å². The quantitative estimate of drug-likeness (QED) is 0.762. The summed E-state index contributed by atoms with van der Waals surface area (Å²) in [6.45, 7) is 0.689. The number of thiophene rings is 2. The molecule has 4 rings (SSSR count). The molecule has 2 N–H and O–H groups in total. The van der Waals surface area contributed by atoms with E-state index in [1.807, 2.05) is 24.3 Å². The van der Waals surface area contributed by atoms with Crippen molar-refractivity contribution in [3.05, 3.63) is 57.3 Å². The van der Waals surface area contributed by atoms with Crippen LogP contribution in [-0.4, -0.2) is 17.6 Å².